The van der Waals surface area contributed by atoms with E-state index in [9.17, 15) is 22.4 Å². The molecule has 9 nitrogen and oxygen atoms in total. The fourth-order valence-corrected chi connectivity index (χ4v) is 4.29. The van der Waals surface area contributed by atoms with Crippen molar-refractivity contribution < 1.29 is 31.9 Å². The molecule has 0 aromatic heterocycles. The van der Waals surface area contributed by atoms with Gasteiger partial charge in [-0.05, 0) is 38.5 Å². The number of ether oxygens (including phenoxy) is 2. The lowest BCUT2D eigenvalue weighted by atomic mass is 10.1. The first-order chi connectivity index (χ1) is 16.9. The third-order valence-corrected chi connectivity index (χ3v) is 6.93. The SMILES string of the molecule is CC[C@H](C)NC(=O)[C@@H](C)N(Cc1ccccc1F)C(=O)CN(c1cc(OC)ccc1OC)S(C)(=O)=O. The molecule has 0 spiro atoms. The monoisotopic (exact) mass is 523 g/mol. The van der Waals surface area contributed by atoms with Crippen molar-refractivity contribution in [2.45, 2.75) is 45.8 Å². The number of methoxy groups -OCH3 is 2. The van der Waals surface area contributed by atoms with Crippen molar-refractivity contribution >= 4 is 27.5 Å². The first-order valence-electron chi connectivity index (χ1n) is 11.5. The highest BCUT2D eigenvalue weighted by atomic mass is 32.2. The Morgan fingerprint density at radius 2 is 1.75 bits per heavy atom. The number of carbonyl (C=O) groups excluding carboxylic acids is 2. The summed E-state index contributed by atoms with van der Waals surface area (Å²) < 4.78 is 51.4. The van der Waals surface area contributed by atoms with Crippen LogP contribution >= 0.6 is 0 Å². The van der Waals surface area contributed by atoms with Crippen LogP contribution < -0.4 is 19.1 Å². The Hall–Kier alpha value is -3.34. The lowest BCUT2D eigenvalue weighted by Crippen LogP contribution is -2.52. The van der Waals surface area contributed by atoms with E-state index in [0.717, 1.165) is 10.6 Å². The number of hydrogen-bond acceptors (Lipinski definition) is 6. The molecular formula is C25H34FN3O6S. The third kappa shape index (κ3) is 7.33. The van der Waals surface area contributed by atoms with Crippen LogP contribution in [-0.2, 0) is 26.2 Å². The summed E-state index contributed by atoms with van der Waals surface area (Å²) in [5.41, 5.74) is 0.286. The van der Waals surface area contributed by atoms with E-state index in [2.05, 4.69) is 5.32 Å². The minimum Gasteiger partial charge on any atom is -0.497 e. The molecule has 0 aliphatic rings. The van der Waals surface area contributed by atoms with Gasteiger partial charge in [0.25, 0.3) is 0 Å². The summed E-state index contributed by atoms with van der Waals surface area (Å²) in [5.74, 6) is -1.10. The molecule has 2 amide bonds. The first kappa shape index (κ1) is 28.9. The van der Waals surface area contributed by atoms with E-state index < -0.39 is 40.2 Å². The van der Waals surface area contributed by atoms with Crippen LogP contribution in [0.5, 0.6) is 11.5 Å². The maximum atomic E-state index is 14.5. The number of nitrogens with zero attached hydrogens (tertiary/aromatic N) is 2. The van der Waals surface area contributed by atoms with Crippen molar-refractivity contribution in [1.29, 1.82) is 0 Å². The van der Waals surface area contributed by atoms with Gasteiger partial charge in [-0.15, -0.1) is 0 Å². The Morgan fingerprint density at radius 3 is 2.31 bits per heavy atom. The average molecular weight is 524 g/mol. The molecule has 2 atom stereocenters. The number of hydrogen-bond donors (Lipinski definition) is 1. The van der Waals surface area contributed by atoms with E-state index >= 15 is 0 Å². The average Bonchev–Trinajstić information content (AvgIpc) is 2.84. The molecular weight excluding hydrogens is 489 g/mol. The van der Waals surface area contributed by atoms with E-state index in [1.807, 2.05) is 13.8 Å². The van der Waals surface area contributed by atoms with Crippen molar-refractivity contribution in [1.82, 2.24) is 10.2 Å². The van der Waals surface area contributed by atoms with Gasteiger partial charge < -0.3 is 19.7 Å². The first-order valence-corrected chi connectivity index (χ1v) is 13.3. The second-order valence-electron chi connectivity index (χ2n) is 8.41. The minimum absolute atomic E-state index is 0.0928. The lowest BCUT2D eigenvalue weighted by molar-refractivity contribution is -0.139. The lowest BCUT2D eigenvalue weighted by Gasteiger charge is -2.32. The van der Waals surface area contributed by atoms with Gasteiger partial charge in [0.15, 0.2) is 0 Å². The standard InChI is InChI=1S/C25H34FN3O6S/c1-7-17(2)27-25(31)18(3)28(15-19-10-8-9-11-21(19)26)24(30)16-29(36(6,32)33)22-14-20(34-4)12-13-23(22)35-5/h8-14,17-18H,7,15-16H2,1-6H3,(H,27,31)/t17-,18+/m0/s1. The zero-order valence-corrected chi connectivity index (χ0v) is 22.3. The van der Waals surface area contributed by atoms with Crippen LogP contribution in [0.15, 0.2) is 42.5 Å². The Kier molecular flexibility index (Phi) is 10.1. The van der Waals surface area contributed by atoms with Crippen molar-refractivity contribution in [3.05, 3.63) is 53.8 Å². The predicted molar refractivity (Wildman–Crippen MR) is 136 cm³/mol. The van der Waals surface area contributed by atoms with Crippen molar-refractivity contribution in [2.24, 2.45) is 0 Å². The number of nitrogens with one attached hydrogen (secondary N) is 1. The van der Waals surface area contributed by atoms with Gasteiger partial charge in [-0.1, -0.05) is 25.1 Å². The molecule has 0 bridgehead atoms. The van der Waals surface area contributed by atoms with E-state index in [4.69, 9.17) is 9.47 Å². The van der Waals surface area contributed by atoms with Crippen LogP contribution in [-0.4, -0.2) is 64.2 Å². The van der Waals surface area contributed by atoms with Crippen LogP contribution in [0.4, 0.5) is 10.1 Å². The molecule has 2 aromatic carbocycles. The highest BCUT2D eigenvalue weighted by molar-refractivity contribution is 7.92. The van der Waals surface area contributed by atoms with E-state index in [-0.39, 0.29) is 29.6 Å². The summed E-state index contributed by atoms with van der Waals surface area (Å²) >= 11 is 0. The molecule has 0 saturated carbocycles. The highest BCUT2D eigenvalue weighted by Crippen LogP contribution is 2.34. The molecule has 1 N–H and O–H groups in total. The Bertz CT molecular complexity index is 1170. The van der Waals surface area contributed by atoms with E-state index in [1.165, 1.54) is 56.4 Å². The van der Waals surface area contributed by atoms with Gasteiger partial charge in [-0.3, -0.25) is 13.9 Å². The molecule has 198 valence electrons. The van der Waals surface area contributed by atoms with Crippen LogP contribution in [0.2, 0.25) is 0 Å². The van der Waals surface area contributed by atoms with Crippen LogP contribution in [0.3, 0.4) is 0 Å². The zero-order valence-electron chi connectivity index (χ0n) is 21.4. The van der Waals surface area contributed by atoms with Crippen LogP contribution in [0.25, 0.3) is 0 Å². The number of carbonyl (C=O) groups is 2. The fourth-order valence-electron chi connectivity index (χ4n) is 3.44. The Morgan fingerprint density at radius 1 is 1.08 bits per heavy atom. The fraction of sp³-hybridized carbons (Fsp3) is 0.440. The summed E-state index contributed by atoms with van der Waals surface area (Å²) in [7, 11) is -1.18. The number of rotatable bonds is 12. The molecule has 11 heteroatoms. The molecule has 0 aliphatic carbocycles. The molecule has 2 aromatic rings. The predicted octanol–water partition coefficient (Wildman–Crippen LogP) is 2.94. The molecule has 0 saturated heterocycles. The maximum Gasteiger partial charge on any atom is 0.244 e. The normalized spacial score (nSPS) is 12.9. The van der Waals surface area contributed by atoms with E-state index in [0.29, 0.717) is 12.2 Å². The van der Waals surface area contributed by atoms with Gasteiger partial charge in [-0.25, -0.2) is 12.8 Å². The zero-order chi connectivity index (χ0) is 27.0. The highest BCUT2D eigenvalue weighted by Gasteiger charge is 2.32. The molecule has 0 unspecified atom stereocenters. The summed E-state index contributed by atoms with van der Waals surface area (Å²) in [6.45, 7) is 4.38. The van der Waals surface area contributed by atoms with Crippen molar-refractivity contribution in [3.63, 3.8) is 0 Å². The number of halogens is 1. The molecule has 2 rings (SSSR count). The number of sulfonamides is 1. The summed E-state index contributed by atoms with van der Waals surface area (Å²) in [4.78, 5) is 27.7. The second-order valence-corrected chi connectivity index (χ2v) is 10.3. The smallest absolute Gasteiger partial charge is 0.244 e. The Labute approximate surface area is 212 Å². The van der Waals surface area contributed by atoms with Crippen molar-refractivity contribution in [3.8, 4) is 11.5 Å². The minimum atomic E-state index is -3.98. The van der Waals surface area contributed by atoms with Crippen LogP contribution in [0, 0.1) is 5.82 Å². The maximum absolute atomic E-state index is 14.5. The summed E-state index contributed by atoms with van der Waals surface area (Å²) in [6.07, 6.45) is 1.64. The van der Waals surface area contributed by atoms with Crippen LogP contribution in [0.1, 0.15) is 32.8 Å². The van der Waals surface area contributed by atoms with Crippen molar-refractivity contribution in [2.75, 3.05) is 31.3 Å². The van der Waals surface area contributed by atoms with Gasteiger partial charge in [0.05, 0.1) is 26.2 Å². The Balaban J connectivity index is 2.49. The van der Waals surface area contributed by atoms with E-state index in [1.54, 1.807) is 12.1 Å². The quantitative estimate of drug-likeness (QED) is 0.459. The number of benzene rings is 2. The third-order valence-electron chi connectivity index (χ3n) is 5.80. The summed E-state index contributed by atoms with van der Waals surface area (Å²) in [6, 6.07) is 9.32. The van der Waals surface area contributed by atoms with Gasteiger partial charge in [0.2, 0.25) is 21.8 Å². The molecule has 0 fully saturated rings. The molecule has 36 heavy (non-hydrogen) atoms. The van der Waals surface area contributed by atoms with Gasteiger partial charge >= 0.3 is 0 Å². The molecule has 0 radical (unpaired) electrons. The topological polar surface area (TPSA) is 105 Å². The van der Waals surface area contributed by atoms with Gasteiger partial charge in [0, 0.05) is 24.2 Å². The summed E-state index contributed by atoms with van der Waals surface area (Å²) in [5, 5.41) is 2.82. The second kappa shape index (κ2) is 12.6. The van der Waals surface area contributed by atoms with Gasteiger partial charge in [0.1, 0.15) is 29.9 Å². The molecule has 0 aliphatic heterocycles. The largest absolute Gasteiger partial charge is 0.497 e. The van der Waals surface area contributed by atoms with Gasteiger partial charge in [-0.2, -0.15) is 0 Å². The number of anilines is 1. The molecule has 0 heterocycles. The number of amides is 2.